The van der Waals surface area contributed by atoms with Gasteiger partial charge in [-0.25, -0.2) is 4.39 Å². The Bertz CT molecular complexity index is 551. The van der Waals surface area contributed by atoms with Crippen molar-refractivity contribution in [3.8, 4) is 0 Å². The predicted molar refractivity (Wildman–Crippen MR) is 80.6 cm³/mol. The van der Waals surface area contributed by atoms with Gasteiger partial charge in [-0.05, 0) is 47.7 Å². The van der Waals surface area contributed by atoms with Crippen molar-refractivity contribution in [2.24, 2.45) is 5.73 Å². The molecule has 0 spiro atoms. The predicted octanol–water partition coefficient (Wildman–Crippen LogP) is 4.39. The first-order valence-electron chi connectivity index (χ1n) is 6.38. The van der Waals surface area contributed by atoms with Crippen LogP contribution in [0.4, 0.5) is 4.39 Å². The maximum Gasteiger partial charge on any atom is 0.123 e. The third-order valence-electron chi connectivity index (χ3n) is 3.24. The Morgan fingerprint density at radius 2 is 1.74 bits per heavy atom. The smallest absolute Gasteiger partial charge is 0.123 e. The second kappa shape index (κ2) is 6.31. The van der Waals surface area contributed by atoms with E-state index in [1.165, 1.54) is 23.3 Å². The molecule has 0 heterocycles. The minimum absolute atomic E-state index is 0.211. The van der Waals surface area contributed by atoms with Crippen LogP contribution in [0.2, 0.25) is 0 Å². The Balaban J connectivity index is 2.15. The van der Waals surface area contributed by atoms with Crippen molar-refractivity contribution < 1.29 is 4.39 Å². The van der Waals surface area contributed by atoms with Crippen molar-refractivity contribution in [1.29, 1.82) is 0 Å². The lowest BCUT2D eigenvalue weighted by molar-refractivity contribution is 0.617. The lowest BCUT2D eigenvalue weighted by Gasteiger charge is -2.14. The first-order chi connectivity index (χ1) is 9.10. The zero-order valence-corrected chi connectivity index (χ0v) is 12.5. The molecule has 2 N–H and O–H groups in total. The van der Waals surface area contributed by atoms with Gasteiger partial charge >= 0.3 is 0 Å². The molecule has 0 saturated heterocycles. The summed E-state index contributed by atoms with van der Waals surface area (Å²) < 4.78 is 14.1. The molecule has 100 valence electrons. The fraction of sp³-hybridized carbons (Fsp3) is 0.250. The fourth-order valence-corrected chi connectivity index (χ4v) is 2.61. The molecular formula is C16H17BrFN. The first-order valence-corrected chi connectivity index (χ1v) is 7.17. The maximum absolute atomic E-state index is 13.3. The van der Waals surface area contributed by atoms with E-state index in [9.17, 15) is 4.39 Å². The third-order valence-corrected chi connectivity index (χ3v) is 3.97. The van der Waals surface area contributed by atoms with Crippen LogP contribution in [-0.4, -0.2) is 0 Å². The number of hydrogen-bond donors (Lipinski definition) is 1. The molecule has 0 radical (unpaired) electrons. The van der Waals surface area contributed by atoms with Crippen LogP contribution in [0.5, 0.6) is 0 Å². The lowest BCUT2D eigenvalue weighted by atomic mass is 9.98. The minimum Gasteiger partial charge on any atom is -0.324 e. The molecule has 0 aliphatic rings. The van der Waals surface area contributed by atoms with Crippen LogP contribution in [0.1, 0.15) is 29.7 Å². The minimum atomic E-state index is -0.255. The van der Waals surface area contributed by atoms with Gasteiger partial charge in [-0.3, -0.25) is 0 Å². The van der Waals surface area contributed by atoms with Crippen LogP contribution in [0.3, 0.4) is 0 Å². The summed E-state index contributed by atoms with van der Waals surface area (Å²) in [6, 6.07) is 12.8. The molecule has 0 fully saturated rings. The van der Waals surface area contributed by atoms with E-state index in [1.807, 2.05) is 0 Å². The summed E-state index contributed by atoms with van der Waals surface area (Å²) in [5.41, 5.74) is 9.45. The average molecular weight is 322 g/mol. The monoisotopic (exact) mass is 321 g/mol. The fourth-order valence-electron chi connectivity index (χ4n) is 2.07. The summed E-state index contributed by atoms with van der Waals surface area (Å²) >= 11 is 3.42. The van der Waals surface area contributed by atoms with E-state index < -0.39 is 0 Å². The van der Waals surface area contributed by atoms with Crippen LogP contribution in [-0.2, 0) is 12.8 Å². The Labute approximate surface area is 121 Å². The van der Waals surface area contributed by atoms with Crippen LogP contribution in [0, 0.1) is 5.82 Å². The highest BCUT2D eigenvalue weighted by atomic mass is 79.9. The van der Waals surface area contributed by atoms with Crippen LogP contribution < -0.4 is 5.73 Å². The molecule has 1 atom stereocenters. The van der Waals surface area contributed by atoms with E-state index in [4.69, 9.17) is 5.73 Å². The van der Waals surface area contributed by atoms with Gasteiger partial charge in [0.05, 0.1) is 0 Å². The first kappa shape index (κ1) is 14.2. The third kappa shape index (κ3) is 3.64. The van der Waals surface area contributed by atoms with Crippen molar-refractivity contribution in [3.63, 3.8) is 0 Å². The molecule has 0 aliphatic carbocycles. The summed E-state index contributed by atoms with van der Waals surface area (Å²) in [7, 11) is 0. The number of hydrogen-bond acceptors (Lipinski definition) is 1. The number of halogens is 2. The van der Waals surface area contributed by atoms with Gasteiger partial charge in [0, 0.05) is 10.5 Å². The van der Waals surface area contributed by atoms with Gasteiger partial charge in [0.15, 0.2) is 0 Å². The normalized spacial score (nSPS) is 12.4. The van der Waals surface area contributed by atoms with E-state index in [2.05, 4.69) is 47.1 Å². The van der Waals surface area contributed by atoms with E-state index in [1.54, 1.807) is 6.07 Å². The van der Waals surface area contributed by atoms with Crippen LogP contribution >= 0.6 is 15.9 Å². The Kier molecular flexibility index (Phi) is 4.72. The molecule has 0 bridgehead atoms. The molecular weight excluding hydrogens is 305 g/mol. The zero-order chi connectivity index (χ0) is 13.8. The van der Waals surface area contributed by atoms with Crippen molar-refractivity contribution in [3.05, 3.63) is 69.4 Å². The van der Waals surface area contributed by atoms with Crippen LogP contribution in [0.15, 0.2) is 46.9 Å². The molecule has 1 unspecified atom stereocenters. The van der Waals surface area contributed by atoms with Gasteiger partial charge in [-0.15, -0.1) is 0 Å². The number of nitrogens with two attached hydrogens (primary N) is 1. The Hall–Kier alpha value is -1.19. The van der Waals surface area contributed by atoms with Gasteiger partial charge in [-0.1, -0.05) is 47.1 Å². The molecule has 2 rings (SSSR count). The van der Waals surface area contributed by atoms with Gasteiger partial charge in [-0.2, -0.15) is 0 Å². The Morgan fingerprint density at radius 1 is 1.11 bits per heavy atom. The summed E-state index contributed by atoms with van der Waals surface area (Å²) in [6.45, 7) is 2.13. The second-order valence-corrected chi connectivity index (χ2v) is 5.50. The Morgan fingerprint density at radius 3 is 2.37 bits per heavy atom. The van der Waals surface area contributed by atoms with E-state index in [0.717, 1.165) is 16.5 Å². The number of rotatable bonds is 4. The average Bonchev–Trinajstić information content (AvgIpc) is 2.42. The number of benzene rings is 2. The molecule has 2 aromatic rings. The summed E-state index contributed by atoms with van der Waals surface area (Å²) in [5, 5.41) is 0. The quantitative estimate of drug-likeness (QED) is 0.887. The SMILES string of the molecule is CCc1ccc(CC(N)c2cc(F)ccc2Br)cc1. The molecule has 0 saturated carbocycles. The summed E-state index contributed by atoms with van der Waals surface area (Å²) in [5.74, 6) is -0.255. The maximum atomic E-state index is 13.3. The summed E-state index contributed by atoms with van der Waals surface area (Å²) in [4.78, 5) is 0. The highest BCUT2D eigenvalue weighted by Gasteiger charge is 2.11. The van der Waals surface area contributed by atoms with Crippen molar-refractivity contribution in [2.45, 2.75) is 25.8 Å². The second-order valence-electron chi connectivity index (χ2n) is 4.65. The lowest BCUT2D eigenvalue weighted by Crippen LogP contribution is -2.14. The van der Waals surface area contributed by atoms with Crippen molar-refractivity contribution in [2.75, 3.05) is 0 Å². The molecule has 0 aromatic heterocycles. The molecule has 0 aliphatic heterocycles. The standard InChI is InChI=1S/C16H17BrFN/c1-2-11-3-5-12(6-4-11)9-16(19)14-10-13(18)7-8-15(14)17/h3-8,10,16H,2,9,19H2,1H3. The van der Waals surface area contributed by atoms with E-state index in [-0.39, 0.29) is 11.9 Å². The van der Waals surface area contributed by atoms with Crippen molar-refractivity contribution >= 4 is 15.9 Å². The molecule has 19 heavy (non-hydrogen) atoms. The van der Waals surface area contributed by atoms with Gasteiger partial charge in [0.1, 0.15) is 5.82 Å². The van der Waals surface area contributed by atoms with Crippen LogP contribution in [0.25, 0.3) is 0 Å². The van der Waals surface area contributed by atoms with Gasteiger partial charge < -0.3 is 5.73 Å². The zero-order valence-electron chi connectivity index (χ0n) is 10.9. The molecule has 3 heteroatoms. The highest BCUT2D eigenvalue weighted by Crippen LogP contribution is 2.25. The van der Waals surface area contributed by atoms with Gasteiger partial charge in [0.2, 0.25) is 0 Å². The topological polar surface area (TPSA) is 26.0 Å². The summed E-state index contributed by atoms with van der Waals surface area (Å²) in [6.07, 6.45) is 1.73. The highest BCUT2D eigenvalue weighted by molar-refractivity contribution is 9.10. The van der Waals surface area contributed by atoms with E-state index in [0.29, 0.717) is 6.42 Å². The van der Waals surface area contributed by atoms with E-state index >= 15 is 0 Å². The van der Waals surface area contributed by atoms with Crippen molar-refractivity contribution in [1.82, 2.24) is 0 Å². The van der Waals surface area contributed by atoms with Gasteiger partial charge in [0.25, 0.3) is 0 Å². The molecule has 2 aromatic carbocycles. The largest absolute Gasteiger partial charge is 0.324 e. The number of aryl methyl sites for hydroxylation is 1. The molecule has 0 amide bonds. The molecule has 1 nitrogen and oxygen atoms in total.